The maximum absolute atomic E-state index is 13.2. The molecule has 1 aliphatic rings. The average molecular weight is 485 g/mol. The Morgan fingerprint density at radius 3 is 2.46 bits per heavy atom. The summed E-state index contributed by atoms with van der Waals surface area (Å²) in [6.45, 7) is 6.70. The monoisotopic (exact) mass is 484 g/mol. The molecule has 0 saturated heterocycles. The zero-order valence-corrected chi connectivity index (χ0v) is 21.4. The van der Waals surface area contributed by atoms with Gasteiger partial charge in [0, 0.05) is 25.6 Å². The van der Waals surface area contributed by atoms with Crippen molar-refractivity contribution in [3.63, 3.8) is 0 Å². The molecule has 0 aliphatic heterocycles. The Kier molecular flexibility index (Phi) is 8.98. The van der Waals surface area contributed by atoms with Gasteiger partial charge in [0.1, 0.15) is 0 Å². The van der Waals surface area contributed by atoms with Crippen molar-refractivity contribution in [1.82, 2.24) is 5.32 Å². The zero-order valence-electron chi connectivity index (χ0n) is 21.4. The molecule has 1 amide bonds. The van der Waals surface area contributed by atoms with Crippen LogP contribution < -0.4 is 30.3 Å². The predicted molar refractivity (Wildman–Crippen MR) is 137 cm³/mol. The third kappa shape index (κ3) is 6.06. The van der Waals surface area contributed by atoms with Gasteiger partial charge >= 0.3 is 0 Å². The number of ether oxygens (including phenoxy) is 4. The van der Waals surface area contributed by atoms with Crippen LogP contribution >= 0.6 is 0 Å². The Bertz CT molecular complexity index is 1120. The van der Waals surface area contributed by atoms with Gasteiger partial charge in [-0.2, -0.15) is 0 Å². The van der Waals surface area contributed by atoms with Crippen molar-refractivity contribution in [2.24, 2.45) is 0 Å². The number of methoxy groups -OCH3 is 3. The van der Waals surface area contributed by atoms with Gasteiger partial charge in [0.2, 0.25) is 17.1 Å². The minimum atomic E-state index is -0.330. The lowest BCUT2D eigenvalue weighted by Crippen LogP contribution is -2.26. The van der Waals surface area contributed by atoms with Crippen LogP contribution in [0.3, 0.4) is 0 Å². The Hall–Kier alpha value is -3.26. The lowest BCUT2D eigenvalue weighted by molar-refractivity contribution is -0.119. The molecular formula is C27H36N2O6. The van der Waals surface area contributed by atoms with Crippen LogP contribution in [0.25, 0.3) is 11.1 Å². The van der Waals surface area contributed by atoms with Gasteiger partial charge in [-0.1, -0.05) is 6.07 Å². The van der Waals surface area contributed by atoms with Crippen molar-refractivity contribution in [1.29, 1.82) is 0 Å². The smallest absolute Gasteiger partial charge is 0.217 e. The number of hydrogen-bond acceptors (Lipinski definition) is 7. The average Bonchev–Trinajstić information content (AvgIpc) is 3.06. The predicted octanol–water partition coefficient (Wildman–Crippen LogP) is 4.09. The summed E-state index contributed by atoms with van der Waals surface area (Å²) in [5.41, 5.74) is 3.72. The summed E-state index contributed by atoms with van der Waals surface area (Å²) in [5.74, 6) is 1.43. The van der Waals surface area contributed by atoms with E-state index in [1.54, 1.807) is 33.5 Å². The van der Waals surface area contributed by atoms with Crippen LogP contribution in [0.5, 0.6) is 17.2 Å². The molecule has 190 valence electrons. The van der Waals surface area contributed by atoms with Crippen LogP contribution in [0.4, 0.5) is 5.69 Å². The number of amides is 1. The largest absolute Gasteiger partial charge is 0.493 e. The third-order valence-corrected chi connectivity index (χ3v) is 6.00. The number of aryl methyl sites for hydroxylation is 1. The number of rotatable bonds is 10. The van der Waals surface area contributed by atoms with Gasteiger partial charge in [-0.05, 0) is 68.0 Å². The SMILES string of the molecule is COc1cc2c(c(OC)c1OC)-c1ccc(NCCCOC(C)C)c(=O)cc1C(NC(C)=O)CC2. The van der Waals surface area contributed by atoms with E-state index in [2.05, 4.69) is 10.6 Å². The number of benzene rings is 1. The summed E-state index contributed by atoms with van der Waals surface area (Å²) in [5, 5.41) is 6.26. The number of carbonyl (C=O) groups is 1. The van der Waals surface area contributed by atoms with E-state index < -0.39 is 0 Å². The Balaban J connectivity index is 2.14. The first-order valence-electron chi connectivity index (χ1n) is 11.9. The number of anilines is 1. The summed E-state index contributed by atoms with van der Waals surface area (Å²) < 4.78 is 22.6. The van der Waals surface area contributed by atoms with Crippen LogP contribution in [-0.2, 0) is 16.0 Å². The topological polar surface area (TPSA) is 95.1 Å². The molecule has 0 saturated carbocycles. The van der Waals surface area contributed by atoms with E-state index in [0.717, 1.165) is 28.7 Å². The molecule has 8 nitrogen and oxygen atoms in total. The van der Waals surface area contributed by atoms with Crippen molar-refractivity contribution in [3.05, 3.63) is 45.6 Å². The van der Waals surface area contributed by atoms with E-state index in [4.69, 9.17) is 18.9 Å². The Morgan fingerprint density at radius 2 is 1.83 bits per heavy atom. The highest BCUT2D eigenvalue weighted by Gasteiger charge is 2.29. The summed E-state index contributed by atoms with van der Waals surface area (Å²) in [6, 6.07) is 6.94. The fourth-order valence-electron chi connectivity index (χ4n) is 4.47. The van der Waals surface area contributed by atoms with Crippen LogP contribution in [0, 0.1) is 0 Å². The summed E-state index contributed by atoms with van der Waals surface area (Å²) >= 11 is 0. The normalized spacial score (nSPS) is 14.4. The molecule has 0 radical (unpaired) electrons. The van der Waals surface area contributed by atoms with E-state index in [9.17, 15) is 9.59 Å². The summed E-state index contributed by atoms with van der Waals surface area (Å²) in [6.07, 6.45) is 2.23. The zero-order chi connectivity index (χ0) is 25.5. The first-order chi connectivity index (χ1) is 16.8. The van der Waals surface area contributed by atoms with Gasteiger partial charge in [0.25, 0.3) is 0 Å². The minimum absolute atomic E-state index is 0.144. The van der Waals surface area contributed by atoms with E-state index in [1.165, 1.54) is 6.92 Å². The lowest BCUT2D eigenvalue weighted by Gasteiger charge is -2.19. The first-order valence-corrected chi connectivity index (χ1v) is 11.9. The first kappa shape index (κ1) is 26.3. The van der Waals surface area contributed by atoms with Crippen LogP contribution in [0.2, 0.25) is 0 Å². The van der Waals surface area contributed by atoms with E-state index in [-0.39, 0.29) is 23.5 Å². The summed E-state index contributed by atoms with van der Waals surface area (Å²) in [7, 11) is 4.74. The molecule has 2 aromatic carbocycles. The molecule has 0 bridgehead atoms. The highest BCUT2D eigenvalue weighted by molar-refractivity contribution is 5.83. The quantitative estimate of drug-likeness (QED) is 0.491. The van der Waals surface area contributed by atoms with Crippen LogP contribution in [0.15, 0.2) is 29.1 Å². The van der Waals surface area contributed by atoms with Crippen molar-refractivity contribution < 1.29 is 23.7 Å². The maximum Gasteiger partial charge on any atom is 0.217 e. The fourth-order valence-corrected chi connectivity index (χ4v) is 4.47. The Labute approximate surface area is 206 Å². The van der Waals surface area contributed by atoms with Crippen molar-refractivity contribution >= 4 is 11.6 Å². The second-order valence-corrected chi connectivity index (χ2v) is 8.80. The van der Waals surface area contributed by atoms with Gasteiger partial charge in [-0.25, -0.2) is 0 Å². The standard InChI is InChI=1S/C27H36N2O6/c1-16(2)35-13-7-12-28-22-11-9-19-20(15-23(22)31)21(29-17(3)30)10-8-18-14-24(32-4)26(33-5)27(34-6)25(18)19/h9,11,14-16,21H,7-8,10,12-13H2,1-6H3,(H,28,31)(H,29,30). The molecule has 1 aliphatic carbocycles. The second-order valence-electron chi connectivity index (χ2n) is 8.80. The molecule has 35 heavy (non-hydrogen) atoms. The van der Waals surface area contributed by atoms with Crippen molar-refractivity contribution in [2.45, 2.75) is 52.2 Å². The minimum Gasteiger partial charge on any atom is -0.493 e. The molecular weight excluding hydrogens is 448 g/mol. The molecule has 1 unspecified atom stereocenters. The highest BCUT2D eigenvalue weighted by atomic mass is 16.5. The van der Waals surface area contributed by atoms with E-state index in [0.29, 0.717) is 48.9 Å². The van der Waals surface area contributed by atoms with Gasteiger partial charge in [-0.3, -0.25) is 9.59 Å². The molecule has 8 heteroatoms. The van der Waals surface area contributed by atoms with Crippen molar-refractivity contribution in [3.8, 4) is 28.4 Å². The fraction of sp³-hybridized carbons (Fsp3) is 0.481. The van der Waals surface area contributed by atoms with E-state index >= 15 is 0 Å². The lowest BCUT2D eigenvalue weighted by atomic mass is 9.95. The molecule has 1 atom stereocenters. The van der Waals surface area contributed by atoms with Gasteiger partial charge in [-0.15, -0.1) is 0 Å². The molecule has 0 aromatic heterocycles. The molecule has 0 heterocycles. The third-order valence-electron chi connectivity index (χ3n) is 6.00. The molecule has 3 rings (SSSR count). The number of nitrogens with one attached hydrogen (secondary N) is 2. The number of hydrogen-bond donors (Lipinski definition) is 2. The number of fused-ring (bicyclic) bond motifs is 3. The molecule has 2 aromatic rings. The Morgan fingerprint density at radius 1 is 1.09 bits per heavy atom. The molecule has 0 spiro atoms. The van der Waals surface area contributed by atoms with Gasteiger partial charge in [0.15, 0.2) is 11.5 Å². The van der Waals surface area contributed by atoms with Gasteiger partial charge < -0.3 is 29.6 Å². The van der Waals surface area contributed by atoms with Crippen molar-refractivity contribution in [2.75, 3.05) is 39.8 Å². The summed E-state index contributed by atoms with van der Waals surface area (Å²) in [4.78, 5) is 25.2. The molecule has 0 fully saturated rings. The van der Waals surface area contributed by atoms with Crippen LogP contribution in [0.1, 0.15) is 50.8 Å². The maximum atomic E-state index is 13.2. The van der Waals surface area contributed by atoms with Gasteiger partial charge in [0.05, 0.1) is 39.2 Å². The number of carbonyl (C=O) groups excluding carboxylic acids is 1. The van der Waals surface area contributed by atoms with Crippen LogP contribution in [-0.4, -0.2) is 46.5 Å². The highest BCUT2D eigenvalue weighted by Crippen LogP contribution is 2.50. The van der Waals surface area contributed by atoms with E-state index in [1.807, 2.05) is 26.0 Å². The molecule has 2 N–H and O–H groups in total. The second kappa shape index (κ2) is 11.9.